The van der Waals surface area contributed by atoms with Gasteiger partial charge in [0.05, 0.1) is 22.9 Å². The highest BCUT2D eigenvalue weighted by molar-refractivity contribution is 7.92. The van der Waals surface area contributed by atoms with Crippen molar-refractivity contribution in [2.45, 2.75) is 75.0 Å². The number of benzene rings is 3. The molecule has 1 heterocycles. The first-order chi connectivity index (χ1) is 23.6. The van der Waals surface area contributed by atoms with Gasteiger partial charge >= 0.3 is 12.1 Å². The van der Waals surface area contributed by atoms with Gasteiger partial charge in [0.1, 0.15) is 11.9 Å². The van der Waals surface area contributed by atoms with E-state index in [2.05, 4.69) is 15.6 Å². The molecule has 1 fully saturated rings. The molecule has 5 N–H and O–H groups in total. The minimum atomic E-state index is -5.08. The number of nitrogen functional groups attached to an aromatic ring is 1. The van der Waals surface area contributed by atoms with Crippen molar-refractivity contribution in [3.05, 3.63) is 84.1 Å². The van der Waals surface area contributed by atoms with Crippen molar-refractivity contribution in [1.82, 2.24) is 10.3 Å². The normalized spacial score (nSPS) is 13.8. The molecule has 4 aromatic rings. The molecular weight excluding hydrogens is 677 g/mol. The first kappa shape index (κ1) is 37.8. The number of rotatable bonds is 12. The Morgan fingerprint density at radius 3 is 2.36 bits per heavy atom. The third kappa shape index (κ3) is 9.34. The predicted octanol–water partition coefficient (Wildman–Crippen LogP) is 6.43. The Balaban J connectivity index is 0.000000727. The molecular formula is C35H39F3N4O7S. The number of carboxylic acids is 1. The standard InChI is InChI=1S/C33H38N4O5S.C2HF3O2/c1-4-41-29-19-23(12-15-28(29)42-21(2)3)31(37-25-13-14-27-22(18-25)16-17-35-32(27)34)33(38)36-20-24-8-5-6-11-30(24)43(39,40)26-9-7-10-26;3-2(4,5)1(6)7/h5-6,8,11-19,21,26,31,37H,4,7,9-10,20H2,1-3H3,(H2,34,35)(H,36,38);(H,6,7). The highest BCUT2D eigenvalue weighted by Crippen LogP contribution is 2.35. The number of carbonyl (C=O) groups is 2. The number of fused-ring (bicyclic) bond motifs is 1. The highest BCUT2D eigenvalue weighted by Gasteiger charge is 2.38. The topological polar surface area (TPSA) is 170 Å². The van der Waals surface area contributed by atoms with Crippen molar-refractivity contribution in [2.24, 2.45) is 0 Å². The van der Waals surface area contributed by atoms with Crippen LogP contribution in [0.1, 0.15) is 57.2 Å². The molecule has 1 amide bonds. The molecule has 1 aliphatic rings. The first-order valence-electron chi connectivity index (χ1n) is 15.9. The third-order valence-corrected chi connectivity index (χ3v) is 10.2. The van der Waals surface area contributed by atoms with Gasteiger partial charge in [0.15, 0.2) is 21.3 Å². The number of carbonyl (C=O) groups excluding carboxylic acids is 1. The van der Waals surface area contributed by atoms with E-state index in [1.807, 2.05) is 51.1 Å². The summed E-state index contributed by atoms with van der Waals surface area (Å²) >= 11 is 0. The molecule has 1 atom stereocenters. The lowest BCUT2D eigenvalue weighted by molar-refractivity contribution is -0.192. The number of nitrogens with two attached hydrogens (primary N) is 1. The van der Waals surface area contributed by atoms with Gasteiger partial charge in [-0.2, -0.15) is 13.2 Å². The second-order valence-electron chi connectivity index (χ2n) is 11.7. The maximum absolute atomic E-state index is 13.9. The van der Waals surface area contributed by atoms with Gasteiger partial charge in [0.25, 0.3) is 0 Å². The molecule has 268 valence electrons. The molecule has 3 aromatic carbocycles. The van der Waals surface area contributed by atoms with Gasteiger partial charge < -0.3 is 30.9 Å². The van der Waals surface area contributed by atoms with E-state index >= 15 is 0 Å². The Morgan fingerprint density at radius 1 is 1.04 bits per heavy atom. The van der Waals surface area contributed by atoms with Crippen molar-refractivity contribution in [3.8, 4) is 11.5 Å². The maximum atomic E-state index is 13.9. The van der Waals surface area contributed by atoms with Crippen LogP contribution in [0.4, 0.5) is 24.7 Å². The number of anilines is 2. The molecule has 1 aliphatic carbocycles. The van der Waals surface area contributed by atoms with E-state index in [1.54, 1.807) is 42.6 Å². The Kier molecular flexibility index (Phi) is 12.2. The number of nitrogens with zero attached hydrogens (tertiary/aromatic N) is 1. The fourth-order valence-corrected chi connectivity index (χ4v) is 7.24. The molecule has 1 unspecified atom stereocenters. The molecule has 0 saturated heterocycles. The minimum Gasteiger partial charge on any atom is -0.490 e. The van der Waals surface area contributed by atoms with Gasteiger partial charge in [-0.1, -0.05) is 30.7 Å². The number of hydrogen-bond acceptors (Lipinski definition) is 9. The van der Waals surface area contributed by atoms with Crippen molar-refractivity contribution < 1.29 is 45.8 Å². The smallest absolute Gasteiger partial charge is 0.490 e. The average Bonchev–Trinajstić information content (AvgIpc) is 3.02. The summed E-state index contributed by atoms with van der Waals surface area (Å²) in [5.41, 5.74) is 7.96. The summed E-state index contributed by atoms with van der Waals surface area (Å²) in [6.45, 7) is 6.25. The van der Waals surface area contributed by atoms with Crippen LogP contribution in [0.3, 0.4) is 0 Å². The largest absolute Gasteiger partial charge is 0.490 e. The van der Waals surface area contributed by atoms with Gasteiger partial charge in [-0.05, 0) is 92.6 Å². The minimum absolute atomic E-state index is 0.0573. The van der Waals surface area contributed by atoms with Crippen LogP contribution in [0.25, 0.3) is 10.8 Å². The number of ether oxygens (including phenoxy) is 2. The molecule has 1 aromatic heterocycles. The molecule has 5 rings (SSSR count). The number of hydrogen-bond donors (Lipinski definition) is 4. The fraction of sp³-hybridized carbons (Fsp3) is 0.343. The SMILES string of the molecule is CCOc1cc(C(Nc2ccc3c(N)nccc3c2)C(=O)NCc2ccccc2S(=O)(=O)C2CCC2)ccc1OC(C)C.O=C(O)C(F)(F)F. The summed E-state index contributed by atoms with van der Waals surface area (Å²) in [6, 6.07) is 19.0. The van der Waals surface area contributed by atoms with Gasteiger partial charge in [-0.15, -0.1) is 0 Å². The number of carboxylic acid groups (broad SMARTS) is 1. The first-order valence-corrected chi connectivity index (χ1v) is 17.4. The number of aliphatic carboxylic acids is 1. The summed E-state index contributed by atoms with van der Waals surface area (Å²) in [6.07, 6.45) is -1.25. The van der Waals surface area contributed by atoms with Crippen LogP contribution in [-0.4, -0.2) is 54.5 Å². The number of aromatic nitrogens is 1. The molecule has 1 saturated carbocycles. The third-order valence-electron chi connectivity index (χ3n) is 7.80. The number of nitrogens with one attached hydrogen (secondary N) is 2. The lowest BCUT2D eigenvalue weighted by Gasteiger charge is -2.26. The van der Waals surface area contributed by atoms with Crippen molar-refractivity contribution in [1.29, 1.82) is 0 Å². The summed E-state index contributed by atoms with van der Waals surface area (Å²) in [5, 5.41) is 14.8. The maximum Gasteiger partial charge on any atom is 0.490 e. The zero-order chi connectivity index (χ0) is 36.6. The monoisotopic (exact) mass is 716 g/mol. The lowest BCUT2D eigenvalue weighted by atomic mass is 10.00. The van der Waals surface area contributed by atoms with E-state index in [0.717, 1.165) is 17.2 Å². The van der Waals surface area contributed by atoms with E-state index < -0.39 is 28.0 Å². The number of halogens is 3. The van der Waals surface area contributed by atoms with Gasteiger partial charge in [0, 0.05) is 23.8 Å². The van der Waals surface area contributed by atoms with Crippen LogP contribution < -0.4 is 25.8 Å². The van der Waals surface area contributed by atoms with Crippen LogP contribution >= 0.6 is 0 Å². The van der Waals surface area contributed by atoms with Crippen molar-refractivity contribution >= 4 is 44.0 Å². The van der Waals surface area contributed by atoms with E-state index in [4.69, 9.17) is 25.1 Å². The molecule has 0 aliphatic heterocycles. The Morgan fingerprint density at radius 2 is 1.74 bits per heavy atom. The molecule has 0 bridgehead atoms. The Hall–Kier alpha value is -5.05. The number of amides is 1. The quantitative estimate of drug-likeness (QED) is 0.128. The van der Waals surface area contributed by atoms with E-state index in [9.17, 15) is 26.4 Å². The molecule has 11 nitrogen and oxygen atoms in total. The Bertz CT molecular complexity index is 1930. The van der Waals surface area contributed by atoms with Crippen LogP contribution in [-0.2, 0) is 26.0 Å². The average molecular weight is 717 g/mol. The van der Waals surface area contributed by atoms with Gasteiger partial charge in [-0.25, -0.2) is 18.2 Å². The Labute approximate surface area is 287 Å². The van der Waals surface area contributed by atoms with E-state index in [-0.39, 0.29) is 28.7 Å². The summed E-state index contributed by atoms with van der Waals surface area (Å²) in [7, 11) is -3.47. The molecule has 0 spiro atoms. The molecule has 15 heteroatoms. The van der Waals surface area contributed by atoms with Gasteiger partial charge in [-0.3, -0.25) is 4.79 Å². The second-order valence-corrected chi connectivity index (χ2v) is 13.9. The highest BCUT2D eigenvalue weighted by atomic mass is 32.2. The summed E-state index contributed by atoms with van der Waals surface area (Å²) in [4.78, 5) is 27.2. The van der Waals surface area contributed by atoms with Crippen molar-refractivity contribution in [3.63, 3.8) is 0 Å². The fourth-order valence-electron chi connectivity index (χ4n) is 5.15. The number of sulfone groups is 1. The van der Waals surface area contributed by atoms with E-state index in [0.29, 0.717) is 53.6 Å². The second kappa shape index (κ2) is 16.1. The van der Waals surface area contributed by atoms with E-state index in [1.165, 1.54) is 0 Å². The zero-order valence-electron chi connectivity index (χ0n) is 27.7. The predicted molar refractivity (Wildman–Crippen MR) is 183 cm³/mol. The molecule has 0 radical (unpaired) electrons. The zero-order valence-corrected chi connectivity index (χ0v) is 28.5. The number of pyridine rings is 1. The van der Waals surface area contributed by atoms with Crippen LogP contribution in [0.15, 0.2) is 77.8 Å². The van der Waals surface area contributed by atoms with Crippen LogP contribution in [0, 0.1) is 0 Å². The van der Waals surface area contributed by atoms with Gasteiger partial charge in [0.2, 0.25) is 5.91 Å². The lowest BCUT2D eigenvalue weighted by Crippen LogP contribution is -2.34. The van der Waals surface area contributed by atoms with Crippen LogP contribution in [0.2, 0.25) is 0 Å². The molecule has 50 heavy (non-hydrogen) atoms. The summed E-state index contributed by atoms with van der Waals surface area (Å²) < 4.78 is 70.0. The number of alkyl halides is 3. The summed E-state index contributed by atoms with van der Waals surface area (Å²) in [5.74, 6) is -1.54. The van der Waals surface area contributed by atoms with Crippen LogP contribution in [0.5, 0.6) is 11.5 Å². The van der Waals surface area contributed by atoms with Crippen molar-refractivity contribution in [2.75, 3.05) is 17.7 Å².